The normalized spacial score (nSPS) is 10.3. The first-order valence-corrected chi connectivity index (χ1v) is 6.97. The third kappa shape index (κ3) is 3.54. The molecule has 0 radical (unpaired) electrons. The molecule has 3 aromatic rings. The van der Waals surface area contributed by atoms with E-state index < -0.39 is 11.6 Å². The average molecular weight is 329 g/mol. The van der Waals surface area contributed by atoms with Gasteiger partial charge in [0, 0.05) is 5.69 Å². The SMILES string of the molecule is COc1ccc(Nc2cnnc(Nc3c(F)cccc3F)n2)cc1. The van der Waals surface area contributed by atoms with Crippen LogP contribution in [0.1, 0.15) is 0 Å². The van der Waals surface area contributed by atoms with Gasteiger partial charge in [-0.15, -0.1) is 5.10 Å². The Kier molecular flexibility index (Phi) is 4.46. The summed E-state index contributed by atoms with van der Waals surface area (Å²) in [5, 5.41) is 13.0. The van der Waals surface area contributed by atoms with Crippen molar-refractivity contribution in [2.75, 3.05) is 17.7 Å². The molecular formula is C16H13F2N5O. The highest BCUT2D eigenvalue weighted by atomic mass is 19.1. The van der Waals surface area contributed by atoms with Gasteiger partial charge in [0.25, 0.3) is 0 Å². The minimum Gasteiger partial charge on any atom is -0.497 e. The molecular weight excluding hydrogens is 316 g/mol. The van der Waals surface area contributed by atoms with Crippen LogP contribution in [-0.4, -0.2) is 22.3 Å². The summed E-state index contributed by atoms with van der Waals surface area (Å²) in [4.78, 5) is 4.13. The Balaban J connectivity index is 1.78. The molecule has 2 aromatic carbocycles. The van der Waals surface area contributed by atoms with Gasteiger partial charge in [-0.3, -0.25) is 0 Å². The number of anilines is 4. The van der Waals surface area contributed by atoms with Crippen molar-refractivity contribution in [1.29, 1.82) is 0 Å². The molecule has 0 unspecified atom stereocenters. The topological polar surface area (TPSA) is 72.0 Å². The van der Waals surface area contributed by atoms with Gasteiger partial charge >= 0.3 is 0 Å². The molecule has 0 saturated heterocycles. The molecule has 0 atom stereocenters. The quantitative estimate of drug-likeness (QED) is 0.744. The maximum absolute atomic E-state index is 13.6. The fourth-order valence-corrected chi connectivity index (χ4v) is 1.97. The van der Waals surface area contributed by atoms with E-state index >= 15 is 0 Å². The Morgan fingerprint density at radius 2 is 1.67 bits per heavy atom. The van der Waals surface area contributed by atoms with Crippen molar-refractivity contribution in [3.05, 3.63) is 60.3 Å². The highest BCUT2D eigenvalue weighted by Gasteiger charge is 2.10. The zero-order valence-electron chi connectivity index (χ0n) is 12.6. The van der Waals surface area contributed by atoms with Crippen LogP contribution in [0.3, 0.4) is 0 Å². The fourth-order valence-electron chi connectivity index (χ4n) is 1.97. The van der Waals surface area contributed by atoms with Gasteiger partial charge in [0.15, 0.2) is 5.82 Å². The molecule has 2 N–H and O–H groups in total. The second kappa shape index (κ2) is 6.86. The van der Waals surface area contributed by atoms with Crippen LogP contribution >= 0.6 is 0 Å². The van der Waals surface area contributed by atoms with Gasteiger partial charge < -0.3 is 15.4 Å². The number of nitrogens with one attached hydrogen (secondary N) is 2. The van der Waals surface area contributed by atoms with Crippen LogP contribution in [0.15, 0.2) is 48.7 Å². The molecule has 1 heterocycles. The summed E-state index contributed by atoms with van der Waals surface area (Å²) < 4.78 is 32.4. The predicted molar refractivity (Wildman–Crippen MR) is 85.7 cm³/mol. The molecule has 0 amide bonds. The van der Waals surface area contributed by atoms with Crippen LogP contribution < -0.4 is 15.4 Å². The molecule has 3 rings (SSSR count). The van der Waals surface area contributed by atoms with E-state index in [0.717, 1.165) is 23.6 Å². The summed E-state index contributed by atoms with van der Waals surface area (Å²) >= 11 is 0. The van der Waals surface area contributed by atoms with E-state index in [2.05, 4.69) is 25.8 Å². The number of rotatable bonds is 5. The van der Waals surface area contributed by atoms with E-state index in [4.69, 9.17) is 4.74 Å². The Labute approximate surface area is 136 Å². The van der Waals surface area contributed by atoms with Gasteiger partial charge in [0.05, 0.1) is 13.3 Å². The van der Waals surface area contributed by atoms with E-state index in [0.29, 0.717) is 5.82 Å². The first-order chi connectivity index (χ1) is 11.7. The van der Waals surface area contributed by atoms with E-state index in [-0.39, 0.29) is 11.6 Å². The van der Waals surface area contributed by atoms with Crippen LogP contribution in [-0.2, 0) is 0 Å². The third-order valence-electron chi connectivity index (χ3n) is 3.12. The van der Waals surface area contributed by atoms with Crippen molar-refractivity contribution < 1.29 is 13.5 Å². The van der Waals surface area contributed by atoms with Gasteiger partial charge in [-0.05, 0) is 36.4 Å². The second-order valence-corrected chi connectivity index (χ2v) is 4.74. The lowest BCUT2D eigenvalue weighted by Crippen LogP contribution is -2.04. The first-order valence-electron chi connectivity index (χ1n) is 6.97. The monoisotopic (exact) mass is 329 g/mol. The number of hydrogen-bond acceptors (Lipinski definition) is 6. The molecule has 0 saturated carbocycles. The number of ether oxygens (including phenoxy) is 1. The van der Waals surface area contributed by atoms with Gasteiger partial charge in [-0.1, -0.05) is 6.07 Å². The van der Waals surface area contributed by atoms with Crippen LogP contribution in [0.2, 0.25) is 0 Å². The maximum atomic E-state index is 13.6. The highest BCUT2D eigenvalue weighted by molar-refractivity contribution is 5.59. The predicted octanol–water partition coefficient (Wildman–Crippen LogP) is 3.65. The smallest absolute Gasteiger partial charge is 0.249 e. The van der Waals surface area contributed by atoms with Crippen LogP contribution in [0.25, 0.3) is 0 Å². The summed E-state index contributed by atoms with van der Waals surface area (Å²) in [5.41, 5.74) is 0.417. The number of hydrogen-bond donors (Lipinski definition) is 2. The maximum Gasteiger partial charge on any atom is 0.249 e. The van der Waals surface area contributed by atoms with Crippen molar-refractivity contribution in [2.24, 2.45) is 0 Å². The number of methoxy groups -OCH3 is 1. The minimum absolute atomic E-state index is 0.0301. The fraction of sp³-hybridized carbons (Fsp3) is 0.0625. The molecule has 1 aromatic heterocycles. The number of nitrogens with zero attached hydrogens (tertiary/aromatic N) is 3. The Bertz CT molecular complexity index is 822. The van der Waals surface area contributed by atoms with Crippen molar-refractivity contribution in [3.8, 4) is 5.75 Å². The van der Waals surface area contributed by atoms with Crippen LogP contribution in [0, 0.1) is 11.6 Å². The molecule has 0 aliphatic heterocycles. The van der Waals surface area contributed by atoms with Crippen molar-refractivity contribution in [1.82, 2.24) is 15.2 Å². The first kappa shape index (κ1) is 15.6. The summed E-state index contributed by atoms with van der Waals surface area (Å²) in [7, 11) is 1.58. The largest absolute Gasteiger partial charge is 0.497 e. The van der Waals surface area contributed by atoms with Crippen LogP contribution in [0.4, 0.5) is 31.9 Å². The third-order valence-corrected chi connectivity index (χ3v) is 3.12. The van der Waals surface area contributed by atoms with Crippen molar-refractivity contribution in [2.45, 2.75) is 0 Å². The lowest BCUT2D eigenvalue weighted by atomic mass is 10.3. The molecule has 6 nitrogen and oxygen atoms in total. The number of benzene rings is 2. The summed E-state index contributed by atoms with van der Waals surface area (Å²) in [6, 6.07) is 10.7. The van der Waals surface area contributed by atoms with E-state index in [1.807, 2.05) is 0 Å². The van der Waals surface area contributed by atoms with E-state index in [1.54, 1.807) is 31.4 Å². The zero-order chi connectivity index (χ0) is 16.9. The molecule has 8 heteroatoms. The molecule has 0 fully saturated rings. The molecule has 0 bridgehead atoms. The molecule has 0 spiro atoms. The van der Waals surface area contributed by atoms with E-state index in [9.17, 15) is 8.78 Å². The van der Waals surface area contributed by atoms with Gasteiger partial charge in [0.1, 0.15) is 23.1 Å². The number of para-hydroxylation sites is 1. The minimum atomic E-state index is -0.743. The lowest BCUT2D eigenvalue weighted by Gasteiger charge is -2.09. The van der Waals surface area contributed by atoms with Crippen LogP contribution in [0.5, 0.6) is 5.75 Å². The Morgan fingerprint density at radius 3 is 2.33 bits per heavy atom. The second-order valence-electron chi connectivity index (χ2n) is 4.74. The van der Waals surface area contributed by atoms with Gasteiger partial charge in [0.2, 0.25) is 5.95 Å². The molecule has 24 heavy (non-hydrogen) atoms. The average Bonchev–Trinajstić information content (AvgIpc) is 2.59. The summed E-state index contributed by atoms with van der Waals surface area (Å²) in [5.74, 6) is -0.426. The standard InChI is InChI=1S/C16H13F2N5O/c1-24-11-7-5-10(6-8-11)20-14-9-19-23-16(21-14)22-15-12(17)3-2-4-13(15)18/h2-9H,1H3,(H2,20,21,22,23). The molecule has 0 aliphatic carbocycles. The van der Waals surface area contributed by atoms with Gasteiger partial charge in [-0.25, -0.2) is 8.78 Å². The highest BCUT2D eigenvalue weighted by Crippen LogP contribution is 2.22. The van der Waals surface area contributed by atoms with Crippen molar-refractivity contribution >= 4 is 23.1 Å². The van der Waals surface area contributed by atoms with E-state index in [1.165, 1.54) is 12.3 Å². The Morgan fingerprint density at radius 1 is 0.958 bits per heavy atom. The lowest BCUT2D eigenvalue weighted by molar-refractivity contribution is 0.415. The van der Waals surface area contributed by atoms with Crippen molar-refractivity contribution in [3.63, 3.8) is 0 Å². The molecule has 122 valence electrons. The van der Waals surface area contributed by atoms with Gasteiger partial charge in [-0.2, -0.15) is 10.1 Å². The summed E-state index contributed by atoms with van der Waals surface area (Å²) in [6.07, 6.45) is 1.40. The molecule has 0 aliphatic rings. The zero-order valence-corrected chi connectivity index (χ0v) is 12.6. The Hall–Kier alpha value is -3.29. The summed E-state index contributed by atoms with van der Waals surface area (Å²) in [6.45, 7) is 0. The number of aromatic nitrogens is 3. The number of halogens is 2.